The summed E-state index contributed by atoms with van der Waals surface area (Å²) in [6.45, 7) is 16.9. The summed E-state index contributed by atoms with van der Waals surface area (Å²) in [7, 11) is -0.240. The molecule has 1 fully saturated rings. The van der Waals surface area contributed by atoms with Gasteiger partial charge < -0.3 is 12.4 Å². The molecule has 5 rings (SSSR count). The van der Waals surface area contributed by atoms with Gasteiger partial charge in [-0.3, -0.25) is 15.9 Å². The Kier molecular flexibility index (Phi) is 16.5. The second-order valence-electron chi connectivity index (χ2n) is 13.8. The van der Waals surface area contributed by atoms with Crippen LogP contribution in [0.2, 0.25) is 0 Å². The van der Waals surface area contributed by atoms with Gasteiger partial charge in [-0.25, -0.2) is 28.0 Å². The maximum atomic E-state index is 13.3. The zero-order chi connectivity index (χ0) is 33.6. The molecule has 3 aromatic rings. The first-order chi connectivity index (χ1) is 21.6. The number of allylic oxidation sites excluding steroid dienone is 4. The maximum Gasteiger partial charge on any atom is 2.00 e. The summed E-state index contributed by atoms with van der Waals surface area (Å²) in [4.78, 5) is 5.59. The van der Waals surface area contributed by atoms with Crippen LogP contribution >= 0.6 is 15.8 Å². The molecular formula is C37H44ClF5FeN2P2. The van der Waals surface area contributed by atoms with Crippen LogP contribution in [0, 0.1) is 35.2 Å². The third-order valence-electron chi connectivity index (χ3n) is 8.11. The first kappa shape index (κ1) is 42.5. The fourth-order valence-corrected chi connectivity index (χ4v) is 10.2. The van der Waals surface area contributed by atoms with Crippen LogP contribution < -0.4 is 12.4 Å². The van der Waals surface area contributed by atoms with Crippen LogP contribution in [0.15, 0.2) is 72.8 Å². The zero-order valence-corrected chi connectivity index (χ0v) is 31.9. The molecule has 0 unspecified atom stereocenters. The summed E-state index contributed by atoms with van der Waals surface area (Å²) in [6.07, 6.45) is 10.2. The predicted octanol–water partition coefficient (Wildman–Crippen LogP) is 7.93. The van der Waals surface area contributed by atoms with Crippen molar-refractivity contribution in [2.45, 2.75) is 71.4 Å². The normalized spacial score (nSPS) is 18.9. The van der Waals surface area contributed by atoms with Gasteiger partial charge in [0, 0.05) is 38.2 Å². The maximum absolute atomic E-state index is 13.3. The van der Waals surface area contributed by atoms with E-state index in [1.165, 1.54) is 48.4 Å². The Labute approximate surface area is 302 Å². The average Bonchev–Trinajstić information content (AvgIpc) is 3.52. The van der Waals surface area contributed by atoms with E-state index in [9.17, 15) is 22.0 Å². The molecule has 2 aliphatic rings. The quantitative estimate of drug-likeness (QED) is 0.0651. The van der Waals surface area contributed by atoms with Crippen LogP contribution in [0.1, 0.15) is 64.7 Å². The Hall–Kier alpha value is -1.62. The van der Waals surface area contributed by atoms with Gasteiger partial charge in [0.25, 0.3) is 0 Å². The molecule has 1 heterocycles. The van der Waals surface area contributed by atoms with Crippen molar-refractivity contribution in [2.75, 3.05) is 25.1 Å². The summed E-state index contributed by atoms with van der Waals surface area (Å²) in [5.41, 5.74) is 2.05. The number of nitrogens with zero attached hydrogens (tertiary/aromatic N) is 2. The van der Waals surface area contributed by atoms with Crippen molar-refractivity contribution in [1.29, 1.82) is 0 Å². The van der Waals surface area contributed by atoms with Gasteiger partial charge in [-0.05, 0) is 27.0 Å². The van der Waals surface area contributed by atoms with Gasteiger partial charge in [-0.2, -0.15) is 11.6 Å². The third-order valence-corrected chi connectivity index (χ3v) is 14.9. The molecule has 0 radical (unpaired) electrons. The summed E-state index contributed by atoms with van der Waals surface area (Å²) in [5, 5.41) is 0.724. The van der Waals surface area contributed by atoms with Crippen molar-refractivity contribution in [3.05, 3.63) is 125 Å². The molecule has 2 nitrogen and oxygen atoms in total. The van der Waals surface area contributed by atoms with E-state index in [2.05, 4.69) is 118 Å². The van der Waals surface area contributed by atoms with E-state index in [0.717, 1.165) is 13.1 Å². The van der Waals surface area contributed by atoms with E-state index in [4.69, 9.17) is 0 Å². The van der Waals surface area contributed by atoms with Crippen LogP contribution in [0.5, 0.6) is 0 Å². The molecule has 0 aromatic heterocycles. The number of hydrogen-bond donors (Lipinski definition) is 0. The van der Waals surface area contributed by atoms with Gasteiger partial charge in [-0.15, -0.1) is 0 Å². The van der Waals surface area contributed by atoms with Gasteiger partial charge in [0.05, 0.1) is 0 Å². The molecule has 0 atom stereocenters. The minimum absolute atomic E-state index is 0. The van der Waals surface area contributed by atoms with Crippen LogP contribution in [-0.4, -0.2) is 45.3 Å². The molecule has 0 saturated carbocycles. The zero-order valence-electron chi connectivity index (χ0n) is 28.3. The SMILES string of the molecule is CC(C)(C)P1CN(Cc2ccccc2)CP(C(C)(C)C)CN(Cc2ccccc2)C1.Fc1c(F)c(F)c(C2=C[C-]=CC2)c(F)c1F.[Cl-].[Fe+2]. The largest absolute Gasteiger partial charge is 2.00 e. The third kappa shape index (κ3) is 11.5. The Balaban J connectivity index is 0.000000377. The van der Waals surface area contributed by atoms with Crippen LogP contribution in [0.4, 0.5) is 22.0 Å². The van der Waals surface area contributed by atoms with E-state index >= 15 is 0 Å². The molecule has 0 N–H and O–H groups in total. The molecule has 1 saturated heterocycles. The van der Waals surface area contributed by atoms with Gasteiger partial charge >= 0.3 is 17.1 Å². The molecule has 0 amide bonds. The van der Waals surface area contributed by atoms with Crippen molar-refractivity contribution >= 4 is 21.4 Å². The summed E-state index contributed by atoms with van der Waals surface area (Å²) in [6, 6.07) is 22.1. The second kappa shape index (κ2) is 18.6. The van der Waals surface area contributed by atoms with E-state index in [0.29, 0.717) is 10.3 Å². The minimum atomic E-state index is -2.14. The van der Waals surface area contributed by atoms with Crippen LogP contribution in [0.25, 0.3) is 5.57 Å². The molecule has 3 aromatic carbocycles. The summed E-state index contributed by atoms with van der Waals surface area (Å²) >= 11 is 0. The summed E-state index contributed by atoms with van der Waals surface area (Å²) < 4.78 is 64.9. The molecule has 11 heteroatoms. The molecule has 48 heavy (non-hydrogen) atoms. The monoisotopic (exact) mass is 764 g/mol. The van der Waals surface area contributed by atoms with Crippen molar-refractivity contribution in [3.63, 3.8) is 0 Å². The number of rotatable bonds is 5. The predicted molar refractivity (Wildman–Crippen MR) is 183 cm³/mol. The fraction of sp³-hybridized carbons (Fsp3) is 0.405. The topological polar surface area (TPSA) is 6.48 Å². The summed E-state index contributed by atoms with van der Waals surface area (Å²) in [5.74, 6) is -9.61. The van der Waals surface area contributed by atoms with Gasteiger partial charge in [0.1, 0.15) is 0 Å². The molecule has 0 bridgehead atoms. The molecular weight excluding hydrogens is 721 g/mol. The van der Waals surface area contributed by atoms with Gasteiger partial charge in [0.2, 0.25) is 0 Å². The molecule has 1 aliphatic heterocycles. The van der Waals surface area contributed by atoms with Crippen LogP contribution in [0.3, 0.4) is 0 Å². The Morgan fingerprint density at radius 2 is 0.958 bits per heavy atom. The van der Waals surface area contributed by atoms with E-state index < -0.39 is 34.6 Å². The first-order valence-electron chi connectivity index (χ1n) is 15.5. The van der Waals surface area contributed by atoms with Crippen molar-refractivity contribution in [2.24, 2.45) is 0 Å². The van der Waals surface area contributed by atoms with E-state index in [-0.39, 0.29) is 57.3 Å². The smallest absolute Gasteiger partial charge is 1.00 e. The number of benzene rings is 3. The van der Waals surface area contributed by atoms with E-state index in [1.807, 2.05) is 0 Å². The van der Waals surface area contributed by atoms with Crippen molar-refractivity contribution in [1.82, 2.24) is 9.80 Å². The standard InChI is InChI=1S/C26H40N2P2.C11H4F5.ClH.Fe/c1-25(2,3)29-19-27(17-23-13-9-7-10-14-23)21-30(26(4,5)6)22-28(20-29)18-24-15-11-8-12-16-24;12-7-6(5-3-1-2-4-5)8(13)10(15)11(16)9(7)14;;/h7-16H,17-22H2,1-6H3;1,4H,3H2;1H;/q;-1;;+2/p-1. The molecule has 0 spiro atoms. The van der Waals surface area contributed by atoms with E-state index in [1.54, 1.807) is 0 Å². The first-order valence-corrected chi connectivity index (χ1v) is 18.9. The average molecular weight is 765 g/mol. The van der Waals surface area contributed by atoms with Crippen LogP contribution in [-0.2, 0) is 30.2 Å². The van der Waals surface area contributed by atoms with Crippen molar-refractivity contribution < 1.29 is 51.4 Å². The Morgan fingerprint density at radius 1 is 0.604 bits per heavy atom. The van der Waals surface area contributed by atoms with Crippen molar-refractivity contribution in [3.8, 4) is 0 Å². The molecule has 262 valence electrons. The number of hydrogen-bond acceptors (Lipinski definition) is 2. The van der Waals surface area contributed by atoms with Gasteiger partial charge in [0.15, 0.2) is 29.1 Å². The Bertz CT molecular complexity index is 1420. The second-order valence-corrected chi connectivity index (χ2v) is 19.8. The fourth-order valence-electron chi connectivity index (χ4n) is 5.32. The van der Waals surface area contributed by atoms with Gasteiger partial charge in [-0.1, -0.05) is 124 Å². The minimum Gasteiger partial charge on any atom is -1.00 e. The Morgan fingerprint density at radius 3 is 1.27 bits per heavy atom. The molecule has 1 aliphatic carbocycles. The number of halogens is 6.